The van der Waals surface area contributed by atoms with Crippen LogP contribution < -0.4 is 0 Å². The van der Waals surface area contributed by atoms with Crippen molar-refractivity contribution >= 4 is 0 Å². The highest BCUT2D eigenvalue weighted by Gasteiger charge is 2.82. The minimum absolute atomic E-state index is 0.322. The summed E-state index contributed by atoms with van der Waals surface area (Å²) in [7, 11) is 0. The molecule has 1 fully saturated rings. The summed E-state index contributed by atoms with van der Waals surface area (Å²) >= 11 is 0. The molecule has 206 valence electrons. The van der Waals surface area contributed by atoms with E-state index < -0.39 is 40.5 Å². The molecule has 1 aliphatic rings. The molecule has 0 unspecified atom stereocenters. The van der Waals surface area contributed by atoms with Crippen molar-refractivity contribution in [2.24, 2.45) is 0 Å². The molecule has 0 spiro atoms. The number of rotatable bonds is 10. The van der Waals surface area contributed by atoms with E-state index in [1.165, 1.54) is 12.2 Å². The Morgan fingerprint density at radius 3 is 1.31 bits per heavy atom. The molecular weight excluding hydrogens is 492 g/mol. The van der Waals surface area contributed by atoms with Gasteiger partial charge in [0, 0.05) is 19.3 Å². The van der Waals surface area contributed by atoms with Crippen LogP contribution in [0, 0.1) is 0 Å². The smallest absolute Gasteiger partial charge is 0.132 e. The summed E-state index contributed by atoms with van der Waals surface area (Å²) in [6, 6.07) is 26.2. The van der Waals surface area contributed by atoms with Gasteiger partial charge in [-0.2, -0.15) is 0 Å². The average molecular weight is 531 g/mol. The zero-order valence-corrected chi connectivity index (χ0v) is 22.0. The molecule has 6 N–H and O–H groups in total. The highest BCUT2D eigenvalue weighted by molar-refractivity contribution is 5.40. The highest BCUT2D eigenvalue weighted by atomic mass is 16.5. The third kappa shape index (κ3) is 4.47. The van der Waals surface area contributed by atoms with Crippen molar-refractivity contribution in [1.82, 2.24) is 0 Å². The second kappa shape index (κ2) is 10.8. The van der Waals surface area contributed by atoms with Crippen molar-refractivity contribution in [3.05, 3.63) is 133 Å². The first-order valence-electron chi connectivity index (χ1n) is 13.1. The van der Waals surface area contributed by atoms with Crippen LogP contribution in [0.15, 0.2) is 116 Å². The van der Waals surface area contributed by atoms with E-state index in [0.29, 0.717) is 16.7 Å². The lowest BCUT2D eigenvalue weighted by Crippen LogP contribution is -2.92. The van der Waals surface area contributed by atoms with Gasteiger partial charge in [-0.1, -0.05) is 103 Å². The molecule has 0 radical (unpaired) electrons. The summed E-state index contributed by atoms with van der Waals surface area (Å²) in [5, 5.41) is 74.7. The Morgan fingerprint density at radius 1 is 0.513 bits per heavy atom. The van der Waals surface area contributed by atoms with Crippen molar-refractivity contribution < 1.29 is 30.6 Å². The second-order valence-electron chi connectivity index (χ2n) is 10.8. The zero-order chi connectivity index (χ0) is 28.4. The lowest BCUT2D eigenvalue weighted by Gasteiger charge is -2.69. The number of hydrogen-bond acceptors (Lipinski definition) is 6. The number of hydrogen-bond donors (Lipinski definition) is 6. The normalized spacial score (nSPS) is 34.4. The lowest BCUT2D eigenvalue weighted by molar-refractivity contribution is -0.407. The third-order valence-corrected chi connectivity index (χ3v) is 8.52. The summed E-state index contributed by atoms with van der Waals surface area (Å²) in [5.74, 6) is 0. The number of benzene rings is 3. The fourth-order valence-corrected chi connectivity index (χ4v) is 6.48. The van der Waals surface area contributed by atoms with Crippen molar-refractivity contribution in [1.29, 1.82) is 0 Å². The van der Waals surface area contributed by atoms with Gasteiger partial charge in [0.05, 0.1) is 0 Å². The fourth-order valence-electron chi connectivity index (χ4n) is 6.48. The van der Waals surface area contributed by atoms with E-state index in [1.807, 2.05) is 0 Å². The zero-order valence-electron chi connectivity index (χ0n) is 22.0. The molecular formula is C33H38O6. The predicted octanol–water partition coefficient (Wildman–Crippen LogP) is 2.90. The highest BCUT2D eigenvalue weighted by Crippen LogP contribution is 2.59. The maximum absolute atomic E-state index is 12.8. The molecule has 0 aromatic heterocycles. The fraction of sp³-hybridized carbons (Fsp3) is 0.333. The van der Waals surface area contributed by atoms with Crippen LogP contribution in [0.2, 0.25) is 0 Å². The van der Waals surface area contributed by atoms with Gasteiger partial charge >= 0.3 is 0 Å². The molecule has 0 bridgehead atoms. The molecule has 1 aliphatic carbocycles. The van der Waals surface area contributed by atoms with E-state index in [9.17, 15) is 30.6 Å². The Balaban J connectivity index is 2.05. The lowest BCUT2D eigenvalue weighted by atomic mass is 9.45. The first kappa shape index (κ1) is 28.9. The largest absolute Gasteiger partial charge is 0.387 e. The summed E-state index contributed by atoms with van der Waals surface area (Å²) in [4.78, 5) is 0. The van der Waals surface area contributed by atoms with Crippen LogP contribution in [0.3, 0.4) is 0 Å². The van der Waals surface area contributed by atoms with Crippen molar-refractivity contribution in [2.45, 2.75) is 66.2 Å². The topological polar surface area (TPSA) is 121 Å². The van der Waals surface area contributed by atoms with Gasteiger partial charge in [-0.05, 0) is 29.5 Å². The van der Waals surface area contributed by atoms with Gasteiger partial charge in [-0.15, -0.1) is 13.2 Å². The van der Waals surface area contributed by atoms with E-state index in [1.54, 1.807) is 91.0 Å². The molecule has 6 nitrogen and oxygen atoms in total. The van der Waals surface area contributed by atoms with Gasteiger partial charge in [-0.25, -0.2) is 0 Å². The number of aliphatic hydroxyl groups is 6. The standard InChI is InChI=1S/C33H38O6/c1-3-20-29(35)28(34)30(36,22-25-14-8-5-9-15-25)31(37,21-4-2)33(39,24-27-18-12-7-13-19-27)32(29,38)23-26-16-10-6-11-17-26/h3-19,28,34-39H,1-2,20-24H2/t28-,29-,30+,31-,32+,33-/m1/s1. The van der Waals surface area contributed by atoms with Crippen LogP contribution in [0.1, 0.15) is 29.5 Å². The van der Waals surface area contributed by atoms with Gasteiger partial charge < -0.3 is 30.6 Å². The van der Waals surface area contributed by atoms with Crippen LogP contribution in [-0.2, 0) is 19.3 Å². The first-order chi connectivity index (χ1) is 18.5. The molecule has 6 heteroatoms. The molecule has 0 saturated heterocycles. The predicted molar refractivity (Wildman–Crippen MR) is 151 cm³/mol. The van der Waals surface area contributed by atoms with E-state index >= 15 is 0 Å². The summed E-state index contributed by atoms with van der Waals surface area (Å²) in [6.07, 6.45) is -1.21. The molecule has 0 aliphatic heterocycles. The monoisotopic (exact) mass is 530 g/mol. The van der Waals surface area contributed by atoms with E-state index in [2.05, 4.69) is 13.2 Å². The average Bonchev–Trinajstić information content (AvgIpc) is 2.93. The van der Waals surface area contributed by atoms with E-state index in [4.69, 9.17) is 0 Å². The molecule has 3 aromatic carbocycles. The van der Waals surface area contributed by atoms with Gasteiger partial charge in [0.15, 0.2) is 0 Å². The van der Waals surface area contributed by atoms with Gasteiger partial charge in [0.2, 0.25) is 0 Å². The Labute approximate surface area is 229 Å². The Morgan fingerprint density at radius 2 is 0.897 bits per heavy atom. The van der Waals surface area contributed by atoms with Gasteiger partial charge in [0.25, 0.3) is 0 Å². The van der Waals surface area contributed by atoms with Crippen LogP contribution in [0.25, 0.3) is 0 Å². The van der Waals surface area contributed by atoms with Crippen LogP contribution >= 0.6 is 0 Å². The van der Waals surface area contributed by atoms with E-state index in [0.717, 1.165) is 0 Å². The third-order valence-electron chi connectivity index (χ3n) is 8.52. The second-order valence-corrected chi connectivity index (χ2v) is 10.8. The van der Waals surface area contributed by atoms with Crippen molar-refractivity contribution in [2.75, 3.05) is 0 Å². The number of aliphatic hydroxyl groups excluding tert-OH is 1. The quantitative estimate of drug-likeness (QED) is 0.224. The minimum atomic E-state index is -2.59. The SMILES string of the molecule is C=CC[C@]1(O)[C@](O)(Cc2ccccc2)[C@](O)(Cc2ccccc2)[C@@](O)(CC=C)[C@@H](O)[C@@]1(O)Cc1ccccc1. The maximum atomic E-state index is 12.8. The summed E-state index contributed by atoms with van der Waals surface area (Å²) in [6.45, 7) is 7.47. The maximum Gasteiger partial charge on any atom is 0.132 e. The minimum Gasteiger partial charge on any atom is -0.387 e. The molecule has 4 rings (SSSR count). The Kier molecular flexibility index (Phi) is 8.01. The Hall–Kier alpha value is -3.10. The Bertz CT molecular complexity index is 1270. The van der Waals surface area contributed by atoms with Crippen molar-refractivity contribution in [3.8, 4) is 0 Å². The van der Waals surface area contributed by atoms with Crippen molar-refractivity contribution in [3.63, 3.8) is 0 Å². The van der Waals surface area contributed by atoms with Gasteiger partial charge in [0.1, 0.15) is 34.1 Å². The summed E-state index contributed by atoms with van der Waals surface area (Å²) < 4.78 is 0. The molecule has 0 amide bonds. The molecule has 39 heavy (non-hydrogen) atoms. The van der Waals surface area contributed by atoms with Crippen LogP contribution in [-0.4, -0.2) is 64.7 Å². The van der Waals surface area contributed by atoms with Gasteiger partial charge in [-0.3, -0.25) is 0 Å². The molecule has 1 saturated carbocycles. The van der Waals surface area contributed by atoms with E-state index in [-0.39, 0.29) is 25.7 Å². The van der Waals surface area contributed by atoms with Crippen LogP contribution in [0.5, 0.6) is 0 Å². The first-order valence-corrected chi connectivity index (χ1v) is 13.1. The molecule has 3 aromatic rings. The molecule has 0 heterocycles. The summed E-state index contributed by atoms with van der Waals surface area (Å²) in [5.41, 5.74) is -11.1. The molecule has 6 atom stereocenters. The van der Waals surface area contributed by atoms with Crippen LogP contribution in [0.4, 0.5) is 0 Å².